The van der Waals surface area contributed by atoms with Crippen LogP contribution in [0.2, 0.25) is 0 Å². The molecule has 0 radical (unpaired) electrons. The van der Waals surface area contributed by atoms with E-state index in [0.717, 1.165) is 24.1 Å². The fourth-order valence-corrected chi connectivity index (χ4v) is 3.75. The van der Waals surface area contributed by atoms with E-state index in [1.54, 1.807) is 13.4 Å². The molecule has 0 aromatic carbocycles. The molecule has 132 valence electrons. The maximum absolute atomic E-state index is 12.6. The molecular formula is C15H23ClN6O2. The molecule has 2 atom stereocenters. The number of halogens is 1. The lowest BCUT2D eigenvalue weighted by Gasteiger charge is -2.46. The molecule has 1 saturated heterocycles. The van der Waals surface area contributed by atoms with Crippen LogP contribution in [-0.2, 0) is 14.1 Å². The number of nitrogens with zero attached hydrogens (tertiary/aromatic N) is 5. The molecular weight excluding hydrogens is 332 g/mol. The van der Waals surface area contributed by atoms with Gasteiger partial charge in [-0.05, 0) is 13.3 Å². The molecule has 2 aromatic heterocycles. The lowest BCUT2D eigenvalue weighted by Crippen LogP contribution is -2.59. The number of aryl methyl sites for hydroxylation is 1. The van der Waals surface area contributed by atoms with Crippen molar-refractivity contribution in [2.45, 2.75) is 31.4 Å². The summed E-state index contributed by atoms with van der Waals surface area (Å²) in [5, 5.41) is 3.32. The highest BCUT2D eigenvalue weighted by molar-refractivity contribution is 6.23. The summed E-state index contributed by atoms with van der Waals surface area (Å²) in [5.74, 6) is 0. The van der Waals surface area contributed by atoms with Crippen LogP contribution in [0.1, 0.15) is 26.4 Å². The SMILES string of the molecule is CCC1(Cl)CNCCN1C(C)n1cnc2c1c(=O)n(C)c(=O)n2C. The van der Waals surface area contributed by atoms with E-state index in [1.165, 1.54) is 11.6 Å². The van der Waals surface area contributed by atoms with Crippen LogP contribution in [0.3, 0.4) is 0 Å². The molecule has 0 spiro atoms. The van der Waals surface area contributed by atoms with Crippen molar-refractivity contribution in [3.8, 4) is 0 Å². The predicted molar refractivity (Wildman–Crippen MR) is 93.4 cm³/mol. The largest absolute Gasteiger partial charge is 0.332 e. The maximum Gasteiger partial charge on any atom is 0.332 e. The van der Waals surface area contributed by atoms with E-state index in [9.17, 15) is 9.59 Å². The molecule has 8 nitrogen and oxygen atoms in total. The number of aromatic nitrogens is 4. The summed E-state index contributed by atoms with van der Waals surface area (Å²) in [5.41, 5.74) is 0.0830. The van der Waals surface area contributed by atoms with Gasteiger partial charge in [0.15, 0.2) is 11.2 Å². The Balaban J connectivity index is 2.16. The number of hydrogen-bond donors (Lipinski definition) is 1. The first kappa shape index (κ1) is 17.2. The number of rotatable bonds is 3. The van der Waals surface area contributed by atoms with Crippen LogP contribution in [0.5, 0.6) is 0 Å². The predicted octanol–water partition coefficient (Wildman–Crippen LogP) is 0.203. The minimum atomic E-state index is -0.514. The molecule has 3 heterocycles. The zero-order valence-corrected chi connectivity index (χ0v) is 15.2. The van der Waals surface area contributed by atoms with Gasteiger partial charge in [-0.3, -0.25) is 18.8 Å². The molecule has 2 unspecified atom stereocenters. The van der Waals surface area contributed by atoms with Crippen molar-refractivity contribution in [3.63, 3.8) is 0 Å². The number of hydrogen-bond acceptors (Lipinski definition) is 5. The Kier molecular flexibility index (Phi) is 4.31. The average molecular weight is 355 g/mol. The fraction of sp³-hybridized carbons (Fsp3) is 0.667. The second-order valence-corrected chi connectivity index (χ2v) is 7.01. The van der Waals surface area contributed by atoms with Crippen LogP contribution < -0.4 is 16.6 Å². The van der Waals surface area contributed by atoms with E-state index >= 15 is 0 Å². The topological polar surface area (TPSA) is 77.1 Å². The van der Waals surface area contributed by atoms with Crippen molar-refractivity contribution < 1.29 is 0 Å². The monoisotopic (exact) mass is 354 g/mol. The standard InChI is InChI=1S/C15H23ClN6O2/c1-5-15(16)8-17-6-7-22(15)10(2)21-9-18-12-11(21)13(23)20(4)14(24)19(12)3/h9-10,17H,5-8H2,1-4H3. The number of fused-ring (bicyclic) bond motifs is 1. The van der Waals surface area contributed by atoms with Crippen molar-refractivity contribution in [2.24, 2.45) is 14.1 Å². The van der Waals surface area contributed by atoms with Gasteiger partial charge in [0.25, 0.3) is 5.56 Å². The normalized spacial score (nSPS) is 23.7. The molecule has 0 saturated carbocycles. The summed E-state index contributed by atoms with van der Waals surface area (Å²) < 4.78 is 4.32. The highest BCUT2D eigenvalue weighted by atomic mass is 35.5. The number of nitrogens with one attached hydrogen (secondary N) is 1. The molecule has 1 fully saturated rings. The van der Waals surface area contributed by atoms with Crippen molar-refractivity contribution >= 4 is 22.8 Å². The number of imidazole rings is 1. The zero-order chi connectivity index (χ0) is 17.6. The van der Waals surface area contributed by atoms with Crippen molar-refractivity contribution in [1.82, 2.24) is 28.9 Å². The van der Waals surface area contributed by atoms with Crippen LogP contribution in [0.15, 0.2) is 15.9 Å². The summed E-state index contributed by atoms with van der Waals surface area (Å²) in [6, 6.07) is 0. The van der Waals surface area contributed by atoms with E-state index < -0.39 is 5.00 Å². The van der Waals surface area contributed by atoms with Gasteiger partial charge in [0, 0.05) is 33.7 Å². The molecule has 1 aliphatic heterocycles. The number of piperazine rings is 1. The van der Waals surface area contributed by atoms with Crippen LogP contribution in [0, 0.1) is 0 Å². The third-order valence-corrected chi connectivity index (χ3v) is 5.63. The third-order valence-electron chi connectivity index (χ3n) is 5.01. The van der Waals surface area contributed by atoms with Crippen molar-refractivity contribution in [3.05, 3.63) is 27.2 Å². The zero-order valence-electron chi connectivity index (χ0n) is 14.4. The van der Waals surface area contributed by atoms with Crippen LogP contribution in [0.4, 0.5) is 0 Å². The molecule has 0 aliphatic carbocycles. The third kappa shape index (κ3) is 2.40. The minimum absolute atomic E-state index is 0.153. The van der Waals surface area contributed by atoms with Gasteiger partial charge >= 0.3 is 5.69 Å². The molecule has 3 rings (SSSR count). The minimum Gasteiger partial charge on any atom is -0.312 e. The Labute approximate surface area is 144 Å². The van der Waals surface area contributed by atoms with Gasteiger partial charge in [-0.1, -0.05) is 6.92 Å². The van der Waals surface area contributed by atoms with Crippen molar-refractivity contribution in [2.75, 3.05) is 19.6 Å². The fourth-order valence-electron chi connectivity index (χ4n) is 3.43. The molecule has 0 bridgehead atoms. The Morgan fingerprint density at radius 1 is 1.38 bits per heavy atom. The Bertz CT molecular complexity index is 884. The quantitative estimate of drug-likeness (QED) is 0.629. The van der Waals surface area contributed by atoms with E-state index in [0.29, 0.717) is 17.7 Å². The van der Waals surface area contributed by atoms with Crippen LogP contribution >= 0.6 is 11.6 Å². The van der Waals surface area contributed by atoms with E-state index in [1.807, 2.05) is 11.5 Å². The first-order valence-corrected chi connectivity index (χ1v) is 8.48. The van der Waals surface area contributed by atoms with Gasteiger partial charge < -0.3 is 9.88 Å². The molecule has 2 aromatic rings. The molecule has 9 heteroatoms. The second kappa shape index (κ2) is 6.02. The second-order valence-electron chi connectivity index (χ2n) is 6.30. The lowest BCUT2D eigenvalue weighted by atomic mass is 10.1. The number of alkyl halides is 1. The van der Waals surface area contributed by atoms with Crippen molar-refractivity contribution in [1.29, 1.82) is 0 Å². The van der Waals surface area contributed by atoms with E-state index in [4.69, 9.17) is 11.6 Å². The van der Waals surface area contributed by atoms with Gasteiger partial charge in [0.05, 0.1) is 12.5 Å². The Morgan fingerprint density at radius 3 is 2.75 bits per heavy atom. The Morgan fingerprint density at radius 2 is 2.08 bits per heavy atom. The first-order chi connectivity index (χ1) is 11.3. The maximum atomic E-state index is 12.6. The molecule has 1 N–H and O–H groups in total. The lowest BCUT2D eigenvalue weighted by molar-refractivity contribution is 0.0491. The van der Waals surface area contributed by atoms with E-state index in [-0.39, 0.29) is 17.4 Å². The highest BCUT2D eigenvalue weighted by Crippen LogP contribution is 2.32. The summed E-state index contributed by atoms with van der Waals surface area (Å²) >= 11 is 6.81. The summed E-state index contributed by atoms with van der Waals surface area (Å²) in [7, 11) is 3.10. The summed E-state index contributed by atoms with van der Waals surface area (Å²) in [6.07, 6.45) is 2.24. The smallest absolute Gasteiger partial charge is 0.312 e. The van der Waals surface area contributed by atoms with Gasteiger partial charge in [-0.15, -0.1) is 11.6 Å². The van der Waals surface area contributed by atoms with Gasteiger partial charge in [0.2, 0.25) is 0 Å². The van der Waals surface area contributed by atoms with Crippen LogP contribution in [-0.4, -0.2) is 48.2 Å². The van der Waals surface area contributed by atoms with Crippen LogP contribution in [0.25, 0.3) is 11.2 Å². The Hall–Kier alpha value is -1.64. The van der Waals surface area contributed by atoms with Gasteiger partial charge in [-0.2, -0.15) is 0 Å². The molecule has 1 aliphatic rings. The molecule has 0 amide bonds. The average Bonchev–Trinajstić information content (AvgIpc) is 3.03. The summed E-state index contributed by atoms with van der Waals surface area (Å²) in [4.78, 5) is 30.7. The molecule has 24 heavy (non-hydrogen) atoms. The first-order valence-electron chi connectivity index (χ1n) is 8.10. The highest BCUT2D eigenvalue weighted by Gasteiger charge is 2.39. The van der Waals surface area contributed by atoms with Gasteiger partial charge in [-0.25, -0.2) is 9.78 Å². The van der Waals surface area contributed by atoms with Gasteiger partial charge in [0.1, 0.15) is 5.00 Å². The summed E-state index contributed by atoms with van der Waals surface area (Å²) in [6.45, 7) is 6.34. The van der Waals surface area contributed by atoms with E-state index in [2.05, 4.69) is 22.1 Å².